The van der Waals surface area contributed by atoms with Crippen LogP contribution in [-0.4, -0.2) is 57.3 Å². The molecule has 1 aliphatic heterocycles. The molecule has 0 bridgehead atoms. The van der Waals surface area contributed by atoms with Gasteiger partial charge in [0.15, 0.2) is 23.5 Å². The van der Waals surface area contributed by atoms with Crippen LogP contribution in [0, 0.1) is 28.6 Å². The van der Waals surface area contributed by atoms with E-state index < -0.39 is 53.3 Å². The number of ketones is 2. The summed E-state index contributed by atoms with van der Waals surface area (Å²) in [6.45, 7) is 3.43. The fraction of sp³-hybridized carbons (Fsp3) is 0.457. The van der Waals surface area contributed by atoms with E-state index in [0.717, 1.165) is 18.4 Å². The molecule has 44 heavy (non-hydrogen) atoms. The number of carbonyl (C=O) groups excluding carboxylic acids is 2. The molecule has 4 fully saturated rings. The minimum atomic E-state index is -1.42. The number of aromatic carboxylic acids is 1. The highest BCUT2D eigenvalue weighted by molar-refractivity contribution is 6.01. The summed E-state index contributed by atoms with van der Waals surface area (Å²) in [4.78, 5) is 37.0. The lowest BCUT2D eigenvalue weighted by Crippen LogP contribution is -2.63. The van der Waals surface area contributed by atoms with Gasteiger partial charge in [0, 0.05) is 22.3 Å². The molecule has 0 aromatic heterocycles. The van der Waals surface area contributed by atoms with Gasteiger partial charge in [-0.1, -0.05) is 37.6 Å². The molecule has 3 saturated carbocycles. The van der Waals surface area contributed by atoms with Gasteiger partial charge in [0.25, 0.3) is 0 Å². The van der Waals surface area contributed by atoms with Crippen molar-refractivity contribution in [2.75, 3.05) is 6.61 Å². The molecular weight excluding hydrogens is 564 g/mol. The number of Topliss-reactive ketones (excluding diaryl/α,β-unsaturated/α-hetero) is 1. The van der Waals surface area contributed by atoms with Gasteiger partial charge in [-0.25, -0.2) is 4.79 Å². The van der Waals surface area contributed by atoms with Crippen LogP contribution in [0.4, 0.5) is 0 Å². The summed E-state index contributed by atoms with van der Waals surface area (Å²) >= 11 is 0. The van der Waals surface area contributed by atoms with Gasteiger partial charge in [-0.05, 0) is 86.1 Å². The lowest BCUT2D eigenvalue weighted by Gasteiger charge is -2.59. The first-order valence-electron chi connectivity index (χ1n) is 15.2. The lowest BCUT2D eigenvalue weighted by molar-refractivity contribution is -0.201. The average molecular weight is 601 g/mol. The van der Waals surface area contributed by atoms with Crippen LogP contribution in [0.15, 0.2) is 72.3 Å². The number of aliphatic hydroxyl groups excluding tert-OH is 2. The van der Waals surface area contributed by atoms with E-state index in [1.54, 1.807) is 48.6 Å². The molecule has 3 N–H and O–H groups in total. The van der Waals surface area contributed by atoms with Crippen LogP contribution in [0.2, 0.25) is 0 Å². The SMILES string of the molecule is C[C@]12C=CC(=O)C=C1CC[C@@H]1[C@@H]2[C@@H](O)C[C@@]2(C)[C@H]1C[C@H]1O[C@@H](c3ccc(Oc4ccc(C(=O)O)cc4)cc3)O[C@]12C(=O)CO. The largest absolute Gasteiger partial charge is 0.478 e. The number of carbonyl (C=O) groups is 3. The molecule has 0 unspecified atom stereocenters. The second-order valence-corrected chi connectivity index (χ2v) is 13.3. The highest BCUT2D eigenvalue weighted by atomic mass is 16.7. The molecule has 5 aliphatic rings. The molecule has 9 nitrogen and oxygen atoms in total. The zero-order valence-corrected chi connectivity index (χ0v) is 24.6. The Kier molecular flexibility index (Phi) is 6.75. The number of hydrogen-bond acceptors (Lipinski definition) is 8. The van der Waals surface area contributed by atoms with Crippen LogP contribution in [0.5, 0.6) is 11.5 Å². The number of carboxylic acid groups (broad SMARTS) is 1. The van der Waals surface area contributed by atoms with Crippen LogP contribution in [0.1, 0.15) is 61.7 Å². The molecule has 2 aromatic rings. The summed E-state index contributed by atoms with van der Waals surface area (Å²) in [5.74, 6) is -0.445. The maximum absolute atomic E-state index is 13.7. The van der Waals surface area contributed by atoms with Gasteiger partial charge < -0.3 is 29.5 Å². The predicted molar refractivity (Wildman–Crippen MR) is 157 cm³/mol. The van der Waals surface area contributed by atoms with Crippen LogP contribution in [0.25, 0.3) is 0 Å². The van der Waals surface area contributed by atoms with E-state index in [-0.39, 0.29) is 29.1 Å². The number of rotatable bonds is 6. The standard InChI is InChI=1S/C35H36O9/c1-33-14-13-22(37)15-21(33)7-12-25-26-16-29-35(28(39)18-36,34(26,2)17-27(38)30(25)33)44-32(43-29)20-5-10-24(11-6-20)42-23-8-3-19(4-9-23)31(40)41/h3-6,8-11,13-15,25-27,29-30,32,36,38H,7,12,16-18H2,1-2H3,(H,40,41)/t25-,26-,27-,29+,30+,32+,33-,34-,35+/m0/s1. The van der Waals surface area contributed by atoms with Gasteiger partial charge in [-0.3, -0.25) is 9.59 Å². The lowest BCUT2D eigenvalue weighted by atomic mass is 9.46. The number of ether oxygens (including phenoxy) is 3. The highest BCUT2D eigenvalue weighted by Gasteiger charge is 2.75. The fourth-order valence-electron chi connectivity index (χ4n) is 9.33. The molecule has 0 radical (unpaired) electrons. The van der Waals surface area contributed by atoms with Crippen molar-refractivity contribution in [1.82, 2.24) is 0 Å². The van der Waals surface area contributed by atoms with Crippen molar-refractivity contribution < 1.29 is 43.9 Å². The van der Waals surface area contributed by atoms with Gasteiger partial charge in [-0.15, -0.1) is 0 Å². The quantitative estimate of drug-likeness (QED) is 0.427. The third-order valence-electron chi connectivity index (χ3n) is 11.3. The summed E-state index contributed by atoms with van der Waals surface area (Å²) in [7, 11) is 0. The first-order chi connectivity index (χ1) is 21.0. The van der Waals surface area contributed by atoms with Crippen LogP contribution in [0.3, 0.4) is 0 Å². The number of allylic oxidation sites excluding steroid dienone is 4. The highest BCUT2D eigenvalue weighted by Crippen LogP contribution is 2.70. The zero-order chi connectivity index (χ0) is 31.0. The van der Waals surface area contributed by atoms with Gasteiger partial charge in [-0.2, -0.15) is 0 Å². The van der Waals surface area contributed by atoms with Crippen LogP contribution in [-0.2, 0) is 19.1 Å². The van der Waals surface area contributed by atoms with E-state index >= 15 is 0 Å². The monoisotopic (exact) mass is 600 g/mol. The normalized spacial score (nSPS) is 38.6. The van der Waals surface area contributed by atoms with E-state index in [9.17, 15) is 24.6 Å². The van der Waals surface area contributed by atoms with E-state index in [0.29, 0.717) is 29.9 Å². The Morgan fingerprint density at radius 1 is 1.05 bits per heavy atom. The Hall–Kier alpha value is -3.63. The zero-order valence-electron chi connectivity index (χ0n) is 24.6. The van der Waals surface area contributed by atoms with Crippen LogP contribution < -0.4 is 4.74 Å². The van der Waals surface area contributed by atoms with Gasteiger partial charge in [0.05, 0.1) is 17.8 Å². The summed E-state index contributed by atoms with van der Waals surface area (Å²) in [6.07, 6.45) is 5.53. The average Bonchev–Trinajstić information content (AvgIpc) is 3.50. The minimum absolute atomic E-state index is 0.0178. The first-order valence-corrected chi connectivity index (χ1v) is 15.2. The topological polar surface area (TPSA) is 140 Å². The second kappa shape index (κ2) is 10.2. The molecule has 0 amide bonds. The summed E-state index contributed by atoms with van der Waals surface area (Å²) in [6, 6.07) is 13.2. The Morgan fingerprint density at radius 2 is 1.73 bits per heavy atom. The molecule has 0 spiro atoms. The molecule has 4 aliphatic carbocycles. The Labute approximate surface area is 255 Å². The molecule has 9 atom stereocenters. The van der Waals surface area contributed by atoms with Crippen molar-refractivity contribution in [2.45, 2.75) is 63.6 Å². The van der Waals surface area contributed by atoms with Crippen molar-refractivity contribution >= 4 is 17.5 Å². The maximum Gasteiger partial charge on any atom is 0.335 e. The van der Waals surface area contributed by atoms with Crippen molar-refractivity contribution in [3.8, 4) is 11.5 Å². The fourth-order valence-corrected chi connectivity index (χ4v) is 9.33. The number of carboxylic acids is 1. The second-order valence-electron chi connectivity index (χ2n) is 13.3. The van der Waals surface area contributed by atoms with E-state index in [4.69, 9.17) is 19.3 Å². The smallest absolute Gasteiger partial charge is 0.335 e. The molecule has 1 saturated heterocycles. The van der Waals surface area contributed by atoms with Crippen molar-refractivity contribution in [2.24, 2.45) is 28.6 Å². The van der Waals surface area contributed by atoms with Crippen molar-refractivity contribution in [3.05, 3.63) is 83.5 Å². The summed E-state index contributed by atoms with van der Waals surface area (Å²) < 4.78 is 19.0. The predicted octanol–water partition coefficient (Wildman–Crippen LogP) is 4.78. The molecule has 230 valence electrons. The van der Waals surface area contributed by atoms with E-state index in [1.165, 1.54) is 12.1 Å². The Bertz CT molecular complexity index is 1580. The number of aliphatic hydroxyl groups is 2. The molecule has 7 rings (SSSR count). The third-order valence-corrected chi connectivity index (χ3v) is 11.3. The molecule has 1 heterocycles. The van der Waals surface area contributed by atoms with Crippen molar-refractivity contribution in [1.29, 1.82) is 0 Å². The maximum atomic E-state index is 13.7. The van der Waals surface area contributed by atoms with Crippen molar-refractivity contribution in [3.63, 3.8) is 0 Å². The molecule has 9 heteroatoms. The Morgan fingerprint density at radius 3 is 2.39 bits per heavy atom. The first kappa shape index (κ1) is 29.1. The van der Waals surface area contributed by atoms with Crippen LogP contribution >= 0.6 is 0 Å². The number of benzene rings is 2. The van der Waals surface area contributed by atoms with Gasteiger partial charge in [0.2, 0.25) is 0 Å². The van der Waals surface area contributed by atoms with Gasteiger partial charge >= 0.3 is 5.97 Å². The molecular formula is C35H36O9. The number of fused-ring (bicyclic) bond motifs is 7. The summed E-state index contributed by atoms with van der Waals surface area (Å²) in [5.41, 5.74) is -0.715. The molecule has 2 aromatic carbocycles. The third kappa shape index (κ3) is 4.10. The minimum Gasteiger partial charge on any atom is -0.478 e. The summed E-state index contributed by atoms with van der Waals surface area (Å²) in [5, 5.41) is 31.1. The number of hydrogen-bond donors (Lipinski definition) is 3. The van der Waals surface area contributed by atoms with Gasteiger partial charge in [0.1, 0.15) is 18.1 Å². The van der Waals surface area contributed by atoms with E-state index in [1.807, 2.05) is 13.0 Å². The van der Waals surface area contributed by atoms with E-state index in [2.05, 4.69) is 6.92 Å². The Balaban J connectivity index is 1.15.